The third-order valence-electron chi connectivity index (χ3n) is 4.91. The van der Waals surface area contributed by atoms with Gasteiger partial charge in [-0.15, -0.1) is 0 Å². The largest absolute Gasteiger partial charge is 0.244 e. The highest BCUT2D eigenvalue weighted by atomic mass is 32.2. The van der Waals surface area contributed by atoms with Crippen LogP contribution >= 0.6 is 0 Å². The van der Waals surface area contributed by atoms with Crippen LogP contribution in [0.25, 0.3) is 0 Å². The van der Waals surface area contributed by atoms with E-state index < -0.39 is 10.0 Å². The first kappa shape index (κ1) is 17.0. The number of hydrogen-bond donors (Lipinski definition) is 0. The van der Waals surface area contributed by atoms with Gasteiger partial charge in [0.25, 0.3) is 0 Å². The molecule has 1 aliphatic rings. The van der Waals surface area contributed by atoms with Crippen molar-refractivity contribution in [1.82, 2.24) is 4.31 Å². The van der Waals surface area contributed by atoms with Gasteiger partial charge in [0.15, 0.2) is 0 Å². The van der Waals surface area contributed by atoms with Crippen LogP contribution < -0.4 is 0 Å². The number of sulfonamides is 1. The van der Waals surface area contributed by atoms with Crippen LogP contribution in [0.1, 0.15) is 34.3 Å². The molecule has 1 saturated heterocycles. The highest BCUT2D eigenvalue weighted by molar-refractivity contribution is 7.89. The van der Waals surface area contributed by atoms with Crippen LogP contribution in [0.4, 0.5) is 0 Å². The van der Waals surface area contributed by atoms with E-state index in [0.29, 0.717) is 4.90 Å². The summed E-state index contributed by atoms with van der Waals surface area (Å²) in [4.78, 5) is 0.346. The molecular formula is C22H21NO2S. The van der Waals surface area contributed by atoms with E-state index in [4.69, 9.17) is 0 Å². The summed E-state index contributed by atoms with van der Waals surface area (Å²) in [6.45, 7) is 3.99. The number of aryl methyl sites for hydroxylation is 2. The third kappa shape index (κ3) is 2.96. The first-order valence-corrected chi connectivity index (χ1v) is 10.1. The maximum Gasteiger partial charge on any atom is 0.244 e. The molecule has 3 aromatic rings. The summed E-state index contributed by atoms with van der Waals surface area (Å²) in [7, 11) is -3.55. The molecule has 4 rings (SSSR count). The highest BCUT2D eigenvalue weighted by Crippen LogP contribution is 2.57. The molecular weight excluding hydrogens is 342 g/mol. The molecule has 1 unspecified atom stereocenters. The predicted octanol–water partition coefficient (Wildman–Crippen LogP) is 4.79. The molecule has 1 aliphatic heterocycles. The van der Waals surface area contributed by atoms with E-state index in [1.807, 2.05) is 80.6 Å². The zero-order valence-electron chi connectivity index (χ0n) is 14.8. The molecule has 3 aromatic carbocycles. The smallest absolute Gasteiger partial charge is 0.207 e. The lowest BCUT2D eigenvalue weighted by Crippen LogP contribution is -2.13. The molecule has 4 heteroatoms. The number of benzene rings is 3. The average Bonchev–Trinajstić information content (AvgIpc) is 3.40. The predicted molar refractivity (Wildman–Crippen MR) is 103 cm³/mol. The Hall–Kier alpha value is -2.43. The van der Waals surface area contributed by atoms with Crippen molar-refractivity contribution in [3.63, 3.8) is 0 Å². The molecule has 3 nitrogen and oxygen atoms in total. The van der Waals surface area contributed by atoms with Crippen LogP contribution in [0.5, 0.6) is 0 Å². The third-order valence-corrected chi connectivity index (χ3v) is 6.79. The number of nitrogens with zero attached hydrogens (tertiary/aromatic N) is 1. The fourth-order valence-electron chi connectivity index (χ4n) is 3.41. The maximum atomic E-state index is 13.3. The summed E-state index contributed by atoms with van der Waals surface area (Å²) in [5.74, 6) is 0. The van der Waals surface area contributed by atoms with Crippen LogP contribution in [0.15, 0.2) is 83.8 Å². The Morgan fingerprint density at radius 1 is 0.654 bits per heavy atom. The molecule has 26 heavy (non-hydrogen) atoms. The second-order valence-corrected chi connectivity index (χ2v) is 8.70. The Kier molecular flexibility index (Phi) is 4.17. The van der Waals surface area contributed by atoms with Gasteiger partial charge in [0, 0.05) is 0 Å². The SMILES string of the molecule is Cc1ccc([C@H]2[C@H](c3ccccc3)N2S(=O)(=O)c2ccc(C)cc2)cc1. The Bertz CT molecular complexity index is 1010. The Labute approximate surface area is 155 Å². The van der Waals surface area contributed by atoms with E-state index in [1.54, 1.807) is 16.4 Å². The van der Waals surface area contributed by atoms with Gasteiger partial charge in [-0.3, -0.25) is 0 Å². The van der Waals surface area contributed by atoms with Crippen LogP contribution in [0.2, 0.25) is 0 Å². The van der Waals surface area contributed by atoms with E-state index >= 15 is 0 Å². The highest BCUT2D eigenvalue weighted by Gasteiger charge is 2.56. The lowest BCUT2D eigenvalue weighted by atomic mass is 10.0. The van der Waals surface area contributed by atoms with Crippen molar-refractivity contribution in [2.24, 2.45) is 0 Å². The minimum Gasteiger partial charge on any atom is -0.207 e. The minimum atomic E-state index is -3.55. The van der Waals surface area contributed by atoms with E-state index in [2.05, 4.69) is 0 Å². The van der Waals surface area contributed by atoms with Crippen LogP contribution in [0, 0.1) is 13.8 Å². The van der Waals surface area contributed by atoms with E-state index in [9.17, 15) is 8.42 Å². The molecule has 132 valence electrons. The molecule has 1 fully saturated rings. The normalized spacial score (nSPS) is 22.2. The first-order chi connectivity index (χ1) is 12.5. The molecule has 3 atom stereocenters. The molecule has 0 radical (unpaired) electrons. The van der Waals surface area contributed by atoms with Gasteiger partial charge in [0.1, 0.15) is 0 Å². The summed E-state index contributed by atoms with van der Waals surface area (Å²) >= 11 is 0. The zero-order chi connectivity index (χ0) is 18.3. The Morgan fingerprint density at radius 2 is 1.12 bits per heavy atom. The number of rotatable bonds is 4. The molecule has 0 N–H and O–H groups in total. The van der Waals surface area contributed by atoms with Gasteiger partial charge in [-0.2, -0.15) is 4.31 Å². The second-order valence-electron chi connectivity index (χ2n) is 6.86. The summed E-state index contributed by atoms with van der Waals surface area (Å²) in [6.07, 6.45) is 0. The van der Waals surface area contributed by atoms with Crippen molar-refractivity contribution >= 4 is 10.0 Å². The molecule has 0 aromatic heterocycles. The average molecular weight is 363 g/mol. The van der Waals surface area contributed by atoms with Gasteiger partial charge in [-0.05, 0) is 37.1 Å². The molecule has 0 amide bonds. The Morgan fingerprint density at radius 3 is 1.65 bits per heavy atom. The van der Waals surface area contributed by atoms with Crippen LogP contribution in [0.3, 0.4) is 0 Å². The van der Waals surface area contributed by atoms with Gasteiger partial charge < -0.3 is 0 Å². The van der Waals surface area contributed by atoms with Crippen molar-refractivity contribution < 1.29 is 8.42 Å². The van der Waals surface area contributed by atoms with E-state index in [1.165, 1.54) is 5.56 Å². The second kappa shape index (κ2) is 6.38. The molecule has 0 saturated carbocycles. The quantitative estimate of drug-likeness (QED) is 0.625. The molecule has 0 bridgehead atoms. The van der Waals surface area contributed by atoms with Crippen molar-refractivity contribution in [3.05, 3.63) is 101 Å². The maximum absolute atomic E-state index is 13.3. The van der Waals surface area contributed by atoms with Crippen molar-refractivity contribution in [2.75, 3.05) is 0 Å². The standard InChI is InChI=1S/C22H21NO2S/c1-16-8-12-19(13-9-16)22-21(18-6-4-3-5-7-18)23(22)26(24,25)20-14-10-17(2)11-15-20/h3-15,21-22H,1-2H3/t21-,22-,23?/m0/s1. The van der Waals surface area contributed by atoms with E-state index in [-0.39, 0.29) is 12.1 Å². The summed E-state index contributed by atoms with van der Waals surface area (Å²) < 4.78 is 28.2. The topological polar surface area (TPSA) is 37.1 Å². The number of hydrogen-bond acceptors (Lipinski definition) is 2. The van der Waals surface area contributed by atoms with Gasteiger partial charge in [0.2, 0.25) is 10.0 Å². The van der Waals surface area contributed by atoms with Gasteiger partial charge >= 0.3 is 0 Å². The van der Waals surface area contributed by atoms with Crippen molar-refractivity contribution in [3.8, 4) is 0 Å². The van der Waals surface area contributed by atoms with Crippen LogP contribution in [-0.2, 0) is 10.0 Å². The minimum absolute atomic E-state index is 0.162. The van der Waals surface area contributed by atoms with Gasteiger partial charge in [-0.1, -0.05) is 77.9 Å². The first-order valence-electron chi connectivity index (χ1n) is 8.70. The van der Waals surface area contributed by atoms with Crippen LogP contribution in [-0.4, -0.2) is 12.7 Å². The summed E-state index contributed by atoms with van der Waals surface area (Å²) in [5.41, 5.74) is 4.26. The van der Waals surface area contributed by atoms with Gasteiger partial charge in [0.05, 0.1) is 17.0 Å². The molecule has 1 heterocycles. The lowest BCUT2D eigenvalue weighted by Gasteiger charge is -2.08. The molecule has 0 aliphatic carbocycles. The fraction of sp³-hybridized carbons (Fsp3) is 0.182. The molecule has 0 spiro atoms. The van der Waals surface area contributed by atoms with E-state index in [0.717, 1.165) is 16.7 Å². The monoisotopic (exact) mass is 363 g/mol. The zero-order valence-corrected chi connectivity index (χ0v) is 15.6. The van der Waals surface area contributed by atoms with Gasteiger partial charge in [-0.25, -0.2) is 8.42 Å². The fourth-order valence-corrected chi connectivity index (χ4v) is 5.16. The summed E-state index contributed by atoms with van der Waals surface area (Å²) in [5, 5.41) is 0. The summed E-state index contributed by atoms with van der Waals surface area (Å²) in [6, 6.07) is 24.7. The van der Waals surface area contributed by atoms with Crippen molar-refractivity contribution in [2.45, 2.75) is 30.8 Å². The lowest BCUT2D eigenvalue weighted by molar-refractivity contribution is 0.547. The van der Waals surface area contributed by atoms with Crippen molar-refractivity contribution in [1.29, 1.82) is 0 Å². The Balaban J connectivity index is 1.76.